The number of hydrogen-bond acceptors (Lipinski definition) is 3. The van der Waals surface area contributed by atoms with Gasteiger partial charge in [-0.15, -0.1) is 0 Å². The van der Waals surface area contributed by atoms with Gasteiger partial charge in [0.25, 0.3) is 0 Å². The third-order valence-corrected chi connectivity index (χ3v) is 2.51. The first kappa shape index (κ1) is 13.2. The molecule has 4 heteroatoms. The van der Waals surface area contributed by atoms with Gasteiger partial charge in [0, 0.05) is 32.3 Å². The van der Waals surface area contributed by atoms with E-state index in [4.69, 9.17) is 5.11 Å². The van der Waals surface area contributed by atoms with Crippen molar-refractivity contribution in [2.45, 2.75) is 33.2 Å². The molecule has 0 aliphatic carbocycles. The second kappa shape index (κ2) is 7.41. The number of rotatable bonds is 8. The largest absolute Gasteiger partial charge is 0.396 e. The van der Waals surface area contributed by atoms with Crippen LogP contribution in [0.5, 0.6) is 0 Å². The fourth-order valence-electron chi connectivity index (χ4n) is 1.57. The lowest BCUT2D eigenvalue weighted by molar-refractivity contribution is 0.223. The maximum atomic E-state index is 8.96. The Balaban J connectivity index is 2.28. The van der Waals surface area contributed by atoms with Crippen LogP contribution >= 0.6 is 0 Å². The van der Waals surface area contributed by atoms with E-state index in [1.165, 1.54) is 6.42 Å². The minimum Gasteiger partial charge on any atom is -0.396 e. The van der Waals surface area contributed by atoms with Crippen molar-refractivity contribution >= 4 is 0 Å². The highest BCUT2D eigenvalue weighted by atomic mass is 16.3. The first-order valence-corrected chi connectivity index (χ1v) is 6.08. The average Bonchev–Trinajstić information content (AvgIpc) is 2.72. The molecule has 0 aliphatic rings. The van der Waals surface area contributed by atoms with Gasteiger partial charge >= 0.3 is 0 Å². The van der Waals surface area contributed by atoms with Gasteiger partial charge in [0.05, 0.1) is 12.0 Å². The summed E-state index contributed by atoms with van der Waals surface area (Å²) in [6.07, 6.45) is 6.06. The number of hydrogen-bond donors (Lipinski definition) is 2. The van der Waals surface area contributed by atoms with E-state index in [-0.39, 0.29) is 6.61 Å². The number of imidazole rings is 1. The summed E-state index contributed by atoms with van der Waals surface area (Å²) in [5, 5.41) is 12.3. The minimum absolute atomic E-state index is 0.228. The van der Waals surface area contributed by atoms with Gasteiger partial charge in [-0.1, -0.05) is 13.8 Å². The van der Waals surface area contributed by atoms with Gasteiger partial charge in [-0.05, 0) is 18.9 Å². The Morgan fingerprint density at radius 1 is 1.50 bits per heavy atom. The zero-order chi connectivity index (χ0) is 11.8. The topological polar surface area (TPSA) is 50.1 Å². The van der Waals surface area contributed by atoms with Crippen LogP contribution in [-0.4, -0.2) is 34.4 Å². The van der Waals surface area contributed by atoms with Crippen molar-refractivity contribution in [1.82, 2.24) is 14.9 Å². The summed E-state index contributed by atoms with van der Waals surface area (Å²) in [4.78, 5) is 4.34. The zero-order valence-corrected chi connectivity index (χ0v) is 10.3. The maximum absolute atomic E-state index is 8.96. The van der Waals surface area contributed by atoms with E-state index >= 15 is 0 Å². The van der Waals surface area contributed by atoms with Gasteiger partial charge in [-0.3, -0.25) is 0 Å². The molecule has 16 heavy (non-hydrogen) atoms. The molecule has 0 amide bonds. The van der Waals surface area contributed by atoms with Crippen molar-refractivity contribution in [2.24, 2.45) is 5.92 Å². The van der Waals surface area contributed by atoms with Crippen LogP contribution in [0.2, 0.25) is 0 Å². The van der Waals surface area contributed by atoms with Gasteiger partial charge in [-0.2, -0.15) is 0 Å². The summed E-state index contributed by atoms with van der Waals surface area (Å²) < 4.78 is 2.05. The van der Waals surface area contributed by atoms with Crippen LogP contribution in [0.3, 0.4) is 0 Å². The molecule has 1 atom stereocenters. The summed E-state index contributed by atoms with van der Waals surface area (Å²) in [6, 6.07) is 0. The Labute approximate surface area is 97.7 Å². The van der Waals surface area contributed by atoms with Crippen LogP contribution in [0.1, 0.15) is 26.0 Å². The van der Waals surface area contributed by atoms with Gasteiger partial charge in [0.15, 0.2) is 0 Å². The third-order valence-electron chi connectivity index (χ3n) is 2.51. The highest BCUT2D eigenvalue weighted by molar-refractivity contribution is 4.97. The molecule has 1 unspecified atom stereocenters. The number of nitrogens with zero attached hydrogens (tertiary/aromatic N) is 2. The lowest BCUT2D eigenvalue weighted by atomic mass is 10.2. The molecule has 0 radical (unpaired) electrons. The molecule has 0 saturated heterocycles. The molecular weight excluding hydrogens is 202 g/mol. The Bertz CT molecular complexity index is 286. The summed E-state index contributed by atoms with van der Waals surface area (Å²) >= 11 is 0. The summed E-state index contributed by atoms with van der Waals surface area (Å²) in [5.74, 6) is 0.292. The minimum atomic E-state index is 0.228. The predicted octanol–water partition coefficient (Wildman–Crippen LogP) is 1.05. The number of aliphatic hydroxyl groups is 1. The van der Waals surface area contributed by atoms with E-state index in [0.717, 1.165) is 31.7 Å². The molecule has 1 aromatic rings. The Morgan fingerprint density at radius 3 is 3.00 bits per heavy atom. The Hall–Kier alpha value is -0.870. The van der Waals surface area contributed by atoms with Crippen molar-refractivity contribution in [3.05, 3.63) is 18.2 Å². The third kappa shape index (κ3) is 4.77. The molecule has 0 aliphatic heterocycles. The molecule has 0 spiro atoms. The molecule has 92 valence electrons. The van der Waals surface area contributed by atoms with E-state index in [1.54, 1.807) is 0 Å². The molecule has 4 nitrogen and oxygen atoms in total. The van der Waals surface area contributed by atoms with Crippen LogP contribution in [0, 0.1) is 5.92 Å². The van der Waals surface area contributed by atoms with E-state index in [9.17, 15) is 0 Å². The molecule has 1 rings (SSSR count). The maximum Gasteiger partial charge on any atom is 0.0949 e. The van der Waals surface area contributed by atoms with Crippen molar-refractivity contribution in [1.29, 1.82) is 0 Å². The van der Waals surface area contributed by atoms with Crippen molar-refractivity contribution in [2.75, 3.05) is 19.7 Å². The molecular formula is C12H23N3O. The number of nitrogens with one attached hydrogen (secondary N) is 1. The van der Waals surface area contributed by atoms with E-state index in [2.05, 4.69) is 28.0 Å². The second-order valence-corrected chi connectivity index (χ2v) is 4.35. The first-order valence-electron chi connectivity index (χ1n) is 6.08. The Kier molecular flexibility index (Phi) is 6.11. The Morgan fingerprint density at radius 2 is 2.31 bits per heavy atom. The van der Waals surface area contributed by atoms with Gasteiger partial charge < -0.3 is 15.0 Å². The quantitative estimate of drug-likeness (QED) is 0.650. The van der Waals surface area contributed by atoms with Crippen LogP contribution < -0.4 is 5.32 Å². The zero-order valence-electron chi connectivity index (χ0n) is 10.3. The normalized spacial score (nSPS) is 12.9. The molecule has 1 aromatic heterocycles. The second-order valence-electron chi connectivity index (χ2n) is 4.35. The number of aliphatic hydroxyl groups excluding tert-OH is 1. The van der Waals surface area contributed by atoms with E-state index in [0.29, 0.717) is 5.92 Å². The standard InChI is InChI=1S/C12H23N3O/c1-3-5-13-6-4-12-8-15(10-14-12)7-11(2)9-16/h8,10-11,13,16H,3-7,9H2,1-2H3. The lowest BCUT2D eigenvalue weighted by Gasteiger charge is -2.07. The van der Waals surface area contributed by atoms with Crippen molar-refractivity contribution in [3.8, 4) is 0 Å². The monoisotopic (exact) mass is 225 g/mol. The molecule has 2 N–H and O–H groups in total. The van der Waals surface area contributed by atoms with Gasteiger partial charge in [0.1, 0.15) is 0 Å². The van der Waals surface area contributed by atoms with Crippen LogP contribution in [-0.2, 0) is 13.0 Å². The van der Waals surface area contributed by atoms with Crippen molar-refractivity contribution in [3.63, 3.8) is 0 Å². The summed E-state index contributed by atoms with van der Waals surface area (Å²) in [7, 11) is 0. The summed E-state index contributed by atoms with van der Waals surface area (Å²) in [5.41, 5.74) is 1.12. The SMILES string of the molecule is CCCNCCc1cn(CC(C)CO)cn1. The first-order chi connectivity index (χ1) is 7.76. The van der Waals surface area contributed by atoms with Crippen LogP contribution in [0.25, 0.3) is 0 Å². The fourth-order valence-corrected chi connectivity index (χ4v) is 1.57. The molecule has 1 heterocycles. The van der Waals surface area contributed by atoms with Gasteiger partial charge in [-0.25, -0.2) is 4.98 Å². The predicted molar refractivity (Wildman–Crippen MR) is 65.3 cm³/mol. The molecule has 0 fully saturated rings. The fraction of sp³-hybridized carbons (Fsp3) is 0.750. The smallest absolute Gasteiger partial charge is 0.0949 e. The summed E-state index contributed by atoms with van der Waals surface area (Å²) in [6.45, 7) is 7.32. The van der Waals surface area contributed by atoms with Crippen LogP contribution in [0.4, 0.5) is 0 Å². The molecule has 0 aromatic carbocycles. The molecule has 0 saturated carbocycles. The van der Waals surface area contributed by atoms with Crippen molar-refractivity contribution < 1.29 is 5.11 Å². The molecule has 0 bridgehead atoms. The van der Waals surface area contributed by atoms with E-state index < -0.39 is 0 Å². The average molecular weight is 225 g/mol. The number of aromatic nitrogens is 2. The van der Waals surface area contributed by atoms with E-state index in [1.807, 2.05) is 13.3 Å². The highest BCUT2D eigenvalue weighted by Crippen LogP contribution is 2.02. The lowest BCUT2D eigenvalue weighted by Crippen LogP contribution is -2.17. The van der Waals surface area contributed by atoms with Gasteiger partial charge in [0.2, 0.25) is 0 Å². The highest BCUT2D eigenvalue weighted by Gasteiger charge is 2.03. The van der Waals surface area contributed by atoms with Crippen LogP contribution in [0.15, 0.2) is 12.5 Å².